The van der Waals surface area contributed by atoms with Gasteiger partial charge in [0.1, 0.15) is 6.04 Å². The van der Waals surface area contributed by atoms with Crippen molar-refractivity contribution in [2.45, 2.75) is 44.7 Å². The van der Waals surface area contributed by atoms with E-state index in [-0.39, 0.29) is 17.9 Å². The molecule has 1 N–H and O–H groups in total. The van der Waals surface area contributed by atoms with Gasteiger partial charge in [0.2, 0.25) is 5.91 Å². The zero-order valence-electron chi connectivity index (χ0n) is 17.7. The van der Waals surface area contributed by atoms with Gasteiger partial charge in [-0.2, -0.15) is 0 Å². The Morgan fingerprint density at radius 3 is 2.37 bits per heavy atom. The van der Waals surface area contributed by atoms with Crippen molar-refractivity contribution < 1.29 is 9.59 Å². The van der Waals surface area contributed by atoms with E-state index in [2.05, 4.69) is 10.2 Å². The van der Waals surface area contributed by atoms with E-state index in [1.54, 1.807) is 0 Å². The highest BCUT2D eigenvalue weighted by atomic mass is 16.2. The van der Waals surface area contributed by atoms with Crippen LogP contribution in [0.15, 0.2) is 54.6 Å². The number of amides is 2. The van der Waals surface area contributed by atoms with Crippen LogP contribution >= 0.6 is 0 Å². The number of hydrogen-bond acceptors (Lipinski definition) is 3. The predicted octanol–water partition coefficient (Wildman–Crippen LogP) is 3.55. The van der Waals surface area contributed by atoms with Crippen LogP contribution in [0.3, 0.4) is 0 Å². The topological polar surface area (TPSA) is 52.7 Å². The highest BCUT2D eigenvalue weighted by molar-refractivity contribution is 6.00. The first-order chi connectivity index (χ1) is 14.6. The molecule has 0 radical (unpaired) electrons. The van der Waals surface area contributed by atoms with Gasteiger partial charge in [0.25, 0.3) is 5.91 Å². The van der Waals surface area contributed by atoms with Crippen molar-refractivity contribution in [1.82, 2.24) is 15.1 Å². The van der Waals surface area contributed by atoms with Gasteiger partial charge in [-0.15, -0.1) is 0 Å². The number of aryl methyl sites for hydroxylation is 1. The van der Waals surface area contributed by atoms with E-state index >= 15 is 0 Å². The van der Waals surface area contributed by atoms with Gasteiger partial charge in [-0.1, -0.05) is 54.4 Å². The Morgan fingerprint density at radius 1 is 0.967 bits per heavy atom. The fourth-order valence-corrected chi connectivity index (χ4v) is 4.54. The molecule has 2 atom stereocenters. The zero-order chi connectivity index (χ0) is 20.9. The van der Waals surface area contributed by atoms with Gasteiger partial charge < -0.3 is 15.1 Å². The minimum absolute atomic E-state index is 0.0166. The van der Waals surface area contributed by atoms with Crippen molar-refractivity contribution in [3.63, 3.8) is 0 Å². The molecule has 2 aliphatic heterocycles. The first-order valence-corrected chi connectivity index (χ1v) is 11.1. The zero-order valence-corrected chi connectivity index (χ0v) is 17.7. The van der Waals surface area contributed by atoms with Crippen molar-refractivity contribution in [2.24, 2.45) is 0 Å². The molecule has 0 aromatic heterocycles. The maximum Gasteiger partial charge on any atom is 0.251 e. The second kappa shape index (κ2) is 9.43. The maximum atomic E-state index is 12.9. The van der Waals surface area contributed by atoms with Gasteiger partial charge in [0.05, 0.1) is 6.04 Å². The lowest BCUT2D eigenvalue weighted by Crippen LogP contribution is -2.65. The number of nitrogens with one attached hydrogen (secondary N) is 1. The highest BCUT2D eigenvalue weighted by Crippen LogP contribution is 2.35. The minimum atomic E-state index is -0.504. The van der Waals surface area contributed by atoms with E-state index < -0.39 is 6.04 Å². The number of rotatable bonds is 7. The molecular weight excluding hydrogens is 374 g/mol. The monoisotopic (exact) mass is 405 g/mol. The molecule has 2 aromatic rings. The summed E-state index contributed by atoms with van der Waals surface area (Å²) >= 11 is 0. The summed E-state index contributed by atoms with van der Waals surface area (Å²) in [6.45, 7) is 6.10. The lowest BCUT2D eigenvalue weighted by atomic mass is 9.88. The largest absolute Gasteiger partial charge is 0.338 e. The summed E-state index contributed by atoms with van der Waals surface area (Å²) in [6, 6.07) is 16.9. The molecule has 0 aliphatic carbocycles. The Labute approximate surface area is 179 Å². The lowest BCUT2D eigenvalue weighted by Gasteiger charge is -2.48. The van der Waals surface area contributed by atoms with Crippen LogP contribution in [0.2, 0.25) is 0 Å². The molecule has 30 heavy (non-hydrogen) atoms. The molecule has 2 saturated heterocycles. The normalized spacial score (nSPS) is 21.9. The number of carbonyl (C=O) groups is 2. The number of piperidine rings is 1. The summed E-state index contributed by atoms with van der Waals surface area (Å²) in [7, 11) is 0. The Bertz CT molecular complexity index is 860. The molecular formula is C25H31N3O2. The van der Waals surface area contributed by atoms with E-state index in [1.807, 2.05) is 66.4 Å². The van der Waals surface area contributed by atoms with E-state index in [0.29, 0.717) is 5.56 Å². The van der Waals surface area contributed by atoms with Crippen molar-refractivity contribution >= 4 is 11.8 Å². The summed E-state index contributed by atoms with van der Waals surface area (Å²) in [5.41, 5.74) is 2.77. The van der Waals surface area contributed by atoms with Gasteiger partial charge >= 0.3 is 0 Å². The molecule has 2 fully saturated rings. The van der Waals surface area contributed by atoms with Crippen LogP contribution in [-0.4, -0.2) is 53.8 Å². The van der Waals surface area contributed by atoms with Crippen LogP contribution in [-0.2, 0) is 4.79 Å². The molecule has 2 heterocycles. The van der Waals surface area contributed by atoms with E-state index in [9.17, 15) is 9.59 Å². The standard InChI is InChI=1S/C25H31N3O2/c1-19-11-13-21(14-12-19)24(29)26-22-23(20-9-4-2-5-10-20)28(25(22)30)18-8-17-27-15-6-3-7-16-27/h2,4-5,9-14,22-23H,3,6-8,15-18H2,1H3,(H,26,29)/t22-,23+/m0/s1. The summed E-state index contributed by atoms with van der Waals surface area (Å²) in [4.78, 5) is 30.1. The van der Waals surface area contributed by atoms with Gasteiger partial charge in [-0.3, -0.25) is 9.59 Å². The third-order valence-corrected chi connectivity index (χ3v) is 6.26. The first kappa shape index (κ1) is 20.6. The summed E-state index contributed by atoms with van der Waals surface area (Å²) < 4.78 is 0. The molecule has 5 heteroatoms. The number of carbonyl (C=O) groups excluding carboxylic acids is 2. The SMILES string of the molecule is Cc1ccc(C(=O)N[C@@H]2C(=O)N(CCCN3CCCCC3)[C@@H]2c2ccccc2)cc1. The maximum absolute atomic E-state index is 12.9. The van der Waals surface area contributed by atoms with Gasteiger partial charge in [-0.05, 0) is 63.5 Å². The van der Waals surface area contributed by atoms with Crippen LogP contribution in [0.5, 0.6) is 0 Å². The fourth-order valence-electron chi connectivity index (χ4n) is 4.54. The van der Waals surface area contributed by atoms with E-state index in [4.69, 9.17) is 0 Å². The molecule has 158 valence electrons. The van der Waals surface area contributed by atoms with Gasteiger partial charge in [0, 0.05) is 12.1 Å². The molecule has 2 amide bonds. The highest BCUT2D eigenvalue weighted by Gasteiger charge is 2.48. The van der Waals surface area contributed by atoms with Crippen LogP contribution in [0, 0.1) is 6.92 Å². The lowest BCUT2D eigenvalue weighted by molar-refractivity contribution is -0.151. The Kier molecular flexibility index (Phi) is 6.48. The van der Waals surface area contributed by atoms with Crippen LogP contribution < -0.4 is 5.32 Å². The molecule has 0 unspecified atom stereocenters. The Hall–Kier alpha value is -2.66. The summed E-state index contributed by atoms with van der Waals surface area (Å²) in [5.74, 6) is -0.176. The van der Waals surface area contributed by atoms with Crippen LogP contribution in [0.25, 0.3) is 0 Å². The molecule has 0 bridgehead atoms. The third-order valence-electron chi connectivity index (χ3n) is 6.26. The number of benzene rings is 2. The quantitative estimate of drug-likeness (QED) is 0.717. The van der Waals surface area contributed by atoms with Crippen molar-refractivity contribution in [1.29, 1.82) is 0 Å². The number of likely N-dealkylation sites (tertiary alicyclic amines) is 2. The average Bonchev–Trinajstić information content (AvgIpc) is 2.79. The van der Waals surface area contributed by atoms with Crippen LogP contribution in [0.1, 0.15) is 53.2 Å². The van der Waals surface area contributed by atoms with Crippen LogP contribution in [0.4, 0.5) is 0 Å². The predicted molar refractivity (Wildman–Crippen MR) is 118 cm³/mol. The second-order valence-electron chi connectivity index (χ2n) is 8.46. The number of nitrogens with zero attached hydrogens (tertiary/aromatic N) is 2. The second-order valence-corrected chi connectivity index (χ2v) is 8.46. The molecule has 0 spiro atoms. The molecule has 2 aliphatic rings. The number of β-lactam (4-membered cyclic amide) rings is 1. The van der Waals surface area contributed by atoms with Crippen molar-refractivity contribution in [3.05, 3.63) is 71.3 Å². The Morgan fingerprint density at radius 2 is 1.67 bits per heavy atom. The smallest absolute Gasteiger partial charge is 0.251 e. The molecule has 4 rings (SSSR count). The molecule has 5 nitrogen and oxygen atoms in total. The van der Waals surface area contributed by atoms with Crippen molar-refractivity contribution in [2.75, 3.05) is 26.2 Å². The number of hydrogen-bond donors (Lipinski definition) is 1. The molecule has 2 aromatic carbocycles. The summed E-state index contributed by atoms with van der Waals surface area (Å²) in [6.07, 6.45) is 4.86. The average molecular weight is 406 g/mol. The van der Waals surface area contributed by atoms with E-state index in [1.165, 1.54) is 32.4 Å². The summed E-state index contributed by atoms with van der Waals surface area (Å²) in [5, 5.41) is 2.98. The molecule has 0 saturated carbocycles. The third kappa shape index (κ3) is 4.57. The Balaban J connectivity index is 1.42. The van der Waals surface area contributed by atoms with E-state index in [0.717, 1.165) is 30.6 Å². The van der Waals surface area contributed by atoms with Gasteiger partial charge in [-0.25, -0.2) is 0 Å². The minimum Gasteiger partial charge on any atom is -0.338 e. The van der Waals surface area contributed by atoms with Gasteiger partial charge in [0.15, 0.2) is 0 Å². The van der Waals surface area contributed by atoms with Crippen molar-refractivity contribution in [3.8, 4) is 0 Å². The fraction of sp³-hybridized carbons (Fsp3) is 0.440. The first-order valence-electron chi connectivity index (χ1n) is 11.1.